The van der Waals surface area contributed by atoms with Gasteiger partial charge < -0.3 is 10.6 Å². The zero-order chi connectivity index (χ0) is 13.7. The third-order valence-corrected chi connectivity index (χ3v) is 3.31. The highest BCUT2D eigenvalue weighted by molar-refractivity contribution is 5.76. The Bertz CT molecular complexity index is 445. The van der Waals surface area contributed by atoms with Crippen LogP contribution in [-0.2, 0) is 11.2 Å². The lowest BCUT2D eigenvalue weighted by molar-refractivity contribution is -0.121. The van der Waals surface area contributed by atoms with Gasteiger partial charge in [-0.1, -0.05) is 12.1 Å². The molecule has 2 N–H and O–H groups in total. The molecule has 1 aliphatic heterocycles. The molecular formula is C14H18F2N2O. The molecule has 1 amide bonds. The average molecular weight is 268 g/mol. The van der Waals surface area contributed by atoms with Crippen LogP contribution in [0.1, 0.15) is 24.8 Å². The van der Waals surface area contributed by atoms with E-state index in [1.165, 1.54) is 12.1 Å². The van der Waals surface area contributed by atoms with Crippen molar-refractivity contribution in [1.82, 2.24) is 10.6 Å². The molecule has 0 saturated carbocycles. The number of carbonyl (C=O) groups excluding carboxylic acids is 1. The molecule has 1 fully saturated rings. The summed E-state index contributed by atoms with van der Waals surface area (Å²) in [4.78, 5) is 11.7. The standard InChI is InChI=1S/C14H18F2N2O/c15-12-5-1-3-10(14(12)16)6-7-13(19)18-11-4-2-8-17-9-11/h1,3,5,11,17H,2,4,6-9H2,(H,18,19)/t11-/m0/s1. The van der Waals surface area contributed by atoms with Gasteiger partial charge in [0.15, 0.2) is 11.6 Å². The van der Waals surface area contributed by atoms with Gasteiger partial charge in [0, 0.05) is 19.0 Å². The summed E-state index contributed by atoms with van der Waals surface area (Å²) in [6.07, 6.45) is 2.41. The lowest BCUT2D eigenvalue weighted by Gasteiger charge is -2.23. The van der Waals surface area contributed by atoms with Crippen LogP contribution in [0.15, 0.2) is 18.2 Å². The molecule has 1 heterocycles. The van der Waals surface area contributed by atoms with E-state index in [1.807, 2.05) is 0 Å². The highest BCUT2D eigenvalue weighted by Gasteiger charge is 2.16. The minimum atomic E-state index is -0.866. The molecule has 19 heavy (non-hydrogen) atoms. The number of amides is 1. The minimum Gasteiger partial charge on any atom is -0.352 e. The Balaban J connectivity index is 1.81. The fourth-order valence-electron chi connectivity index (χ4n) is 2.26. The quantitative estimate of drug-likeness (QED) is 0.873. The SMILES string of the molecule is O=C(CCc1cccc(F)c1F)N[C@H]1CCCNC1. The van der Waals surface area contributed by atoms with Gasteiger partial charge in [0.2, 0.25) is 5.91 Å². The fourth-order valence-corrected chi connectivity index (χ4v) is 2.26. The molecular weight excluding hydrogens is 250 g/mol. The smallest absolute Gasteiger partial charge is 0.220 e. The Kier molecular flexibility index (Phi) is 4.85. The molecule has 1 atom stereocenters. The first kappa shape index (κ1) is 13.9. The third kappa shape index (κ3) is 3.99. The number of aryl methyl sites for hydroxylation is 1. The Morgan fingerprint density at radius 1 is 1.42 bits per heavy atom. The number of carbonyl (C=O) groups is 1. The van der Waals surface area contributed by atoms with Crippen molar-refractivity contribution < 1.29 is 13.6 Å². The minimum absolute atomic E-state index is 0.114. The second-order valence-electron chi connectivity index (χ2n) is 4.82. The van der Waals surface area contributed by atoms with Crippen molar-refractivity contribution in [2.75, 3.05) is 13.1 Å². The van der Waals surface area contributed by atoms with E-state index in [-0.39, 0.29) is 30.4 Å². The molecule has 0 spiro atoms. The zero-order valence-corrected chi connectivity index (χ0v) is 10.7. The van der Waals surface area contributed by atoms with Crippen LogP contribution in [0, 0.1) is 11.6 Å². The zero-order valence-electron chi connectivity index (χ0n) is 10.7. The van der Waals surface area contributed by atoms with E-state index in [1.54, 1.807) is 0 Å². The lowest BCUT2D eigenvalue weighted by Crippen LogP contribution is -2.45. The van der Waals surface area contributed by atoms with Crippen LogP contribution in [-0.4, -0.2) is 25.0 Å². The molecule has 0 aliphatic carbocycles. The van der Waals surface area contributed by atoms with E-state index in [0.29, 0.717) is 0 Å². The summed E-state index contributed by atoms with van der Waals surface area (Å²) >= 11 is 0. The third-order valence-electron chi connectivity index (χ3n) is 3.31. The average Bonchev–Trinajstić information content (AvgIpc) is 2.42. The second kappa shape index (κ2) is 6.61. The maximum absolute atomic E-state index is 13.4. The number of halogens is 2. The first-order chi connectivity index (χ1) is 9.16. The Morgan fingerprint density at radius 2 is 2.26 bits per heavy atom. The molecule has 5 heteroatoms. The van der Waals surface area contributed by atoms with Crippen molar-refractivity contribution in [1.29, 1.82) is 0 Å². The van der Waals surface area contributed by atoms with E-state index in [2.05, 4.69) is 10.6 Å². The number of nitrogens with one attached hydrogen (secondary N) is 2. The molecule has 1 aliphatic rings. The van der Waals surface area contributed by atoms with Crippen molar-refractivity contribution >= 4 is 5.91 Å². The molecule has 1 aromatic rings. The van der Waals surface area contributed by atoms with E-state index in [4.69, 9.17) is 0 Å². The van der Waals surface area contributed by atoms with Gasteiger partial charge in [0.25, 0.3) is 0 Å². The number of hydrogen-bond acceptors (Lipinski definition) is 2. The molecule has 0 aromatic heterocycles. The van der Waals surface area contributed by atoms with Crippen molar-refractivity contribution in [3.05, 3.63) is 35.4 Å². The molecule has 104 valence electrons. The molecule has 2 rings (SSSR count). The van der Waals surface area contributed by atoms with Gasteiger partial charge in [-0.3, -0.25) is 4.79 Å². The summed E-state index contributed by atoms with van der Waals surface area (Å²) in [6, 6.07) is 4.19. The maximum atomic E-state index is 13.4. The van der Waals surface area contributed by atoms with Crippen molar-refractivity contribution in [3.8, 4) is 0 Å². The Labute approximate surface area is 111 Å². The Hall–Kier alpha value is -1.49. The van der Waals surface area contributed by atoms with Gasteiger partial charge in [-0.25, -0.2) is 8.78 Å². The monoisotopic (exact) mass is 268 g/mol. The maximum Gasteiger partial charge on any atom is 0.220 e. The topological polar surface area (TPSA) is 41.1 Å². The summed E-state index contributed by atoms with van der Waals surface area (Å²) in [5.41, 5.74) is 0.247. The highest BCUT2D eigenvalue weighted by atomic mass is 19.2. The van der Waals surface area contributed by atoms with Crippen LogP contribution in [0.25, 0.3) is 0 Å². The lowest BCUT2D eigenvalue weighted by atomic mass is 10.1. The van der Waals surface area contributed by atoms with Gasteiger partial charge in [-0.2, -0.15) is 0 Å². The summed E-state index contributed by atoms with van der Waals surface area (Å²) in [6.45, 7) is 1.76. The highest BCUT2D eigenvalue weighted by Crippen LogP contribution is 2.13. The summed E-state index contributed by atoms with van der Waals surface area (Å²) in [7, 11) is 0. The number of benzene rings is 1. The summed E-state index contributed by atoms with van der Waals surface area (Å²) in [5.74, 6) is -1.83. The first-order valence-electron chi connectivity index (χ1n) is 6.60. The van der Waals surface area contributed by atoms with Crippen molar-refractivity contribution in [3.63, 3.8) is 0 Å². The van der Waals surface area contributed by atoms with E-state index < -0.39 is 11.6 Å². The fraction of sp³-hybridized carbons (Fsp3) is 0.500. The van der Waals surface area contributed by atoms with E-state index >= 15 is 0 Å². The van der Waals surface area contributed by atoms with Crippen LogP contribution < -0.4 is 10.6 Å². The molecule has 1 saturated heterocycles. The number of hydrogen-bond donors (Lipinski definition) is 2. The van der Waals surface area contributed by atoms with Gasteiger partial charge in [-0.15, -0.1) is 0 Å². The number of rotatable bonds is 4. The predicted molar refractivity (Wildman–Crippen MR) is 68.7 cm³/mol. The molecule has 0 bridgehead atoms. The van der Waals surface area contributed by atoms with Crippen molar-refractivity contribution in [2.45, 2.75) is 31.7 Å². The first-order valence-corrected chi connectivity index (χ1v) is 6.60. The molecule has 3 nitrogen and oxygen atoms in total. The second-order valence-corrected chi connectivity index (χ2v) is 4.82. The predicted octanol–water partition coefficient (Wildman–Crippen LogP) is 1.77. The normalized spacial score (nSPS) is 19.2. The van der Waals surface area contributed by atoms with Gasteiger partial charge in [0.05, 0.1) is 0 Å². The van der Waals surface area contributed by atoms with Crippen LogP contribution in [0.5, 0.6) is 0 Å². The summed E-state index contributed by atoms with van der Waals surface area (Å²) < 4.78 is 26.4. The Morgan fingerprint density at radius 3 is 3.00 bits per heavy atom. The van der Waals surface area contributed by atoms with Gasteiger partial charge in [-0.05, 0) is 37.4 Å². The molecule has 0 radical (unpaired) electrons. The van der Waals surface area contributed by atoms with Crippen molar-refractivity contribution in [2.24, 2.45) is 0 Å². The summed E-state index contributed by atoms with van der Waals surface area (Å²) in [5, 5.41) is 6.11. The van der Waals surface area contributed by atoms with Gasteiger partial charge in [0.1, 0.15) is 0 Å². The number of piperidine rings is 1. The largest absolute Gasteiger partial charge is 0.352 e. The molecule has 1 aromatic carbocycles. The van der Waals surface area contributed by atoms with E-state index in [0.717, 1.165) is 32.0 Å². The van der Waals surface area contributed by atoms with E-state index in [9.17, 15) is 13.6 Å². The van der Waals surface area contributed by atoms with Crippen LogP contribution >= 0.6 is 0 Å². The van der Waals surface area contributed by atoms with Crippen LogP contribution in [0.2, 0.25) is 0 Å². The van der Waals surface area contributed by atoms with Crippen LogP contribution in [0.4, 0.5) is 8.78 Å². The van der Waals surface area contributed by atoms with Crippen LogP contribution in [0.3, 0.4) is 0 Å². The molecule has 0 unspecified atom stereocenters. The van der Waals surface area contributed by atoms with Gasteiger partial charge >= 0.3 is 0 Å².